The molecule has 0 spiro atoms. The number of anilines is 2. The lowest BCUT2D eigenvalue weighted by atomic mass is 9.78. The lowest BCUT2D eigenvalue weighted by Gasteiger charge is -2.22. The van der Waals surface area contributed by atoms with Gasteiger partial charge < -0.3 is 14.4 Å². The highest BCUT2D eigenvalue weighted by Crippen LogP contribution is 2.42. The number of carbonyl (C=O) groups excluding carboxylic acids is 4. The standard InChI is InChI=1S/C28H28N2O6/c1-16-7-6-8-20-25(16)27(33)30(26(20)32)21-12-11-19(13-17(21)2)36-28(34)18-14-24(31)29(15-18)22-9-4-5-10-23(22)35-3/h4-7,9-13,16,18,20,25H,8,14-15H2,1-3H3/t16-,18+,20+,25-/m0/s1. The summed E-state index contributed by atoms with van der Waals surface area (Å²) in [6.45, 7) is 3.93. The number of rotatable bonds is 5. The van der Waals surface area contributed by atoms with E-state index in [-0.39, 0.29) is 48.4 Å². The van der Waals surface area contributed by atoms with E-state index in [1.54, 1.807) is 42.2 Å². The Morgan fingerprint density at radius 2 is 1.81 bits per heavy atom. The highest BCUT2D eigenvalue weighted by atomic mass is 16.5. The molecule has 1 aliphatic carbocycles. The second kappa shape index (κ2) is 9.26. The van der Waals surface area contributed by atoms with Crippen molar-refractivity contribution in [3.05, 3.63) is 60.2 Å². The number of ether oxygens (including phenoxy) is 2. The van der Waals surface area contributed by atoms with E-state index >= 15 is 0 Å². The summed E-state index contributed by atoms with van der Waals surface area (Å²) in [5.41, 5.74) is 1.77. The number of methoxy groups -OCH3 is 1. The number of nitrogens with zero attached hydrogens (tertiary/aromatic N) is 2. The fourth-order valence-electron chi connectivity index (χ4n) is 5.48. The quantitative estimate of drug-likeness (QED) is 0.276. The number of fused-ring (bicyclic) bond motifs is 1. The zero-order chi connectivity index (χ0) is 25.6. The van der Waals surface area contributed by atoms with Gasteiger partial charge in [0.2, 0.25) is 17.7 Å². The van der Waals surface area contributed by atoms with Gasteiger partial charge in [0.05, 0.1) is 36.2 Å². The number of carbonyl (C=O) groups is 4. The Balaban J connectivity index is 1.29. The first-order chi connectivity index (χ1) is 17.3. The second-order valence-electron chi connectivity index (χ2n) is 9.61. The lowest BCUT2D eigenvalue weighted by Crippen LogP contribution is -2.32. The van der Waals surface area contributed by atoms with Crippen LogP contribution in [0, 0.1) is 30.6 Å². The van der Waals surface area contributed by atoms with E-state index in [2.05, 4.69) is 0 Å². The van der Waals surface area contributed by atoms with Gasteiger partial charge in [0.1, 0.15) is 11.5 Å². The number of benzene rings is 2. The fraction of sp³-hybridized carbons (Fsp3) is 0.357. The third-order valence-corrected chi connectivity index (χ3v) is 7.33. The SMILES string of the molecule is COc1ccccc1N1C[C@H](C(=O)Oc2ccc(N3C(=O)[C@H]4[C@@H](C)C=CC[C@H]4C3=O)c(C)c2)CC1=O. The van der Waals surface area contributed by atoms with Gasteiger partial charge in [-0.25, -0.2) is 4.90 Å². The molecule has 2 heterocycles. The van der Waals surface area contributed by atoms with Crippen LogP contribution in [0.2, 0.25) is 0 Å². The Labute approximate surface area is 209 Å². The van der Waals surface area contributed by atoms with E-state index in [0.29, 0.717) is 34.9 Å². The average Bonchev–Trinajstić information content (AvgIpc) is 3.37. The van der Waals surface area contributed by atoms with Gasteiger partial charge in [-0.2, -0.15) is 0 Å². The summed E-state index contributed by atoms with van der Waals surface area (Å²) in [6, 6.07) is 12.0. The number of para-hydroxylation sites is 2. The van der Waals surface area contributed by atoms with Crippen molar-refractivity contribution in [2.75, 3.05) is 23.5 Å². The van der Waals surface area contributed by atoms with Gasteiger partial charge in [-0.1, -0.05) is 31.2 Å². The molecule has 2 aliphatic heterocycles. The van der Waals surface area contributed by atoms with E-state index in [1.165, 1.54) is 12.0 Å². The number of amides is 3. The van der Waals surface area contributed by atoms with Crippen molar-refractivity contribution in [1.82, 2.24) is 0 Å². The molecule has 8 nitrogen and oxygen atoms in total. The number of aryl methyl sites for hydroxylation is 1. The van der Waals surface area contributed by atoms with Crippen LogP contribution in [-0.2, 0) is 19.2 Å². The van der Waals surface area contributed by atoms with Gasteiger partial charge in [0.25, 0.3) is 0 Å². The maximum absolute atomic E-state index is 13.1. The molecule has 3 aliphatic rings. The van der Waals surface area contributed by atoms with Gasteiger partial charge in [-0.05, 0) is 55.2 Å². The minimum atomic E-state index is -0.624. The molecule has 3 amide bonds. The summed E-state index contributed by atoms with van der Waals surface area (Å²) in [5, 5.41) is 0. The van der Waals surface area contributed by atoms with Crippen LogP contribution in [0.25, 0.3) is 0 Å². The molecule has 2 aromatic carbocycles. The topological polar surface area (TPSA) is 93.2 Å². The molecule has 0 saturated carbocycles. The van der Waals surface area contributed by atoms with Crippen molar-refractivity contribution in [3.63, 3.8) is 0 Å². The zero-order valence-electron chi connectivity index (χ0n) is 20.5. The highest BCUT2D eigenvalue weighted by molar-refractivity contribution is 6.22. The molecular weight excluding hydrogens is 460 g/mol. The van der Waals surface area contributed by atoms with Crippen LogP contribution >= 0.6 is 0 Å². The van der Waals surface area contributed by atoms with Gasteiger partial charge in [-0.15, -0.1) is 0 Å². The molecule has 4 atom stereocenters. The number of hydrogen-bond acceptors (Lipinski definition) is 6. The Morgan fingerprint density at radius 1 is 1.03 bits per heavy atom. The largest absolute Gasteiger partial charge is 0.495 e. The van der Waals surface area contributed by atoms with Crippen LogP contribution in [0.15, 0.2) is 54.6 Å². The van der Waals surface area contributed by atoms with Crippen LogP contribution in [-0.4, -0.2) is 37.3 Å². The molecule has 0 radical (unpaired) electrons. The first-order valence-corrected chi connectivity index (χ1v) is 12.1. The molecular formula is C28H28N2O6. The maximum atomic E-state index is 13.1. The summed E-state index contributed by atoms with van der Waals surface area (Å²) in [7, 11) is 1.53. The van der Waals surface area contributed by atoms with Crippen LogP contribution in [0.1, 0.15) is 25.3 Å². The van der Waals surface area contributed by atoms with E-state index in [0.717, 1.165) is 0 Å². The van der Waals surface area contributed by atoms with E-state index < -0.39 is 11.9 Å². The summed E-state index contributed by atoms with van der Waals surface area (Å²) >= 11 is 0. The molecule has 0 N–H and O–H groups in total. The lowest BCUT2D eigenvalue weighted by molar-refractivity contribution is -0.139. The predicted molar refractivity (Wildman–Crippen MR) is 133 cm³/mol. The third-order valence-electron chi connectivity index (χ3n) is 7.33. The van der Waals surface area contributed by atoms with Crippen LogP contribution in [0.5, 0.6) is 11.5 Å². The summed E-state index contributed by atoms with van der Waals surface area (Å²) in [4.78, 5) is 54.5. The van der Waals surface area contributed by atoms with Crippen LogP contribution in [0.3, 0.4) is 0 Å². The van der Waals surface area contributed by atoms with Gasteiger partial charge in [0, 0.05) is 13.0 Å². The Hall–Kier alpha value is -3.94. The predicted octanol–water partition coefficient (Wildman–Crippen LogP) is 3.66. The summed E-state index contributed by atoms with van der Waals surface area (Å²) in [5.74, 6) is -1.48. The number of imide groups is 1. The molecule has 186 valence electrons. The van der Waals surface area contributed by atoms with Crippen LogP contribution < -0.4 is 19.3 Å². The molecule has 2 saturated heterocycles. The van der Waals surface area contributed by atoms with Crippen molar-refractivity contribution >= 4 is 35.1 Å². The van der Waals surface area contributed by atoms with Crippen molar-refractivity contribution in [2.45, 2.75) is 26.7 Å². The number of allylic oxidation sites excluding steroid dienone is 2. The van der Waals surface area contributed by atoms with Crippen molar-refractivity contribution < 1.29 is 28.7 Å². The Morgan fingerprint density at radius 3 is 2.53 bits per heavy atom. The Bertz CT molecular complexity index is 1280. The normalized spacial score (nSPS) is 25.4. The fourth-order valence-corrected chi connectivity index (χ4v) is 5.48. The van der Waals surface area contributed by atoms with E-state index in [1.807, 2.05) is 31.2 Å². The molecule has 36 heavy (non-hydrogen) atoms. The van der Waals surface area contributed by atoms with Crippen molar-refractivity contribution in [2.24, 2.45) is 23.7 Å². The van der Waals surface area contributed by atoms with Crippen molar-refractivity contribution in [3.8, 4) is 11.5 Å². The van der Waals surface area contributed by atoms with Gasteiger partial charge in [-0.3, -0.25) is 19.2 Å². The van der Waals surface area contributed by atoms with Crippen LogP contribution in [0.4, 0.5) is 11.4 Å². The smallest absolute Gasteiger partial charge is 0.316 e. The third kappa shape index (κ3) is 3.96. The monoisotopic (exact) mass is 488 g/mol. The molecule has 2 aromatic rings. The average molecular weight is 489 g/mol. The number of esters is 1. The molecule has 0 aromatic heterocycles. The first-order valence-electron chi connectivity index (χ1n) is 12.1. The second-order valence-corrected chi connectivity index (χ2v) is 9.61. The first kappa shape index (κ1) is 23.8. The molecule has 0 unspecified atom stereocenters. The minimum Gasteiger partial charge on any atom is -0.495 e. The summed E-state index contributed by atoms with van der Waals surface area (Å²) in [6.07, 6.45) is 4.57. The molecule has 5 rings (SSSR count). The van der Waals surface area contributed by atoms with Crippen molar-refractivity contribution in [1.29, 1.82) is 0 Å². The van der Waals surface area contributed by atoms with E-state index in [9.17, 15) is 19.2 Å². The Kier molecular flexibility index (Phi) is 6.12. The molecule has 0 bridgehead atoms. The zero-order valence-corrected chi connectivity index (χ0v) is 20.5. The number of hydrogen-bond donors (Lipinski definition) is 0. The van der Waals surface area contributed by atoms with E-state index in [4.69, 9.17) is 9.47 Å². The van der Waals surface area contributed by atoms with Gasteiger partial charge in [0.15, 0.2) is 0 Å². The highest BCUT2D eigenvalue weighted by Gasteiger charge is 2.50. The maximum Gasteiger partial charge on any atom is 0.316 e. The van der Waals surface area contributed by atoms with Gasteiger partial charge >= 0.3 is 5.97 Å². The molecule has 8 heteroatoms. The molecule has 2 fully saturated rings. The minimum absolute atomic E-state index is 0.00951. The summed E-state index contributed by atoms with van der Waals surface area (Å²) < 4.78 is 11.0.